The summed E-state index contributed by atoms with van der Waals surface area (Å²) in [6, 6.07) is 8.44. The molecule has 3 aliphatic rings. The van der Waals surface area contributed by atoms with Crippen LogP contribution in [0.25, 0.3) is 0 Å². The summed E-state index contributed by atoms with van der Waals surface area (Å²) in [6.07, 6.45) is -0.619. The lowest BCUT2D eigenvalue weighted by molar-refractivity contribution is -0.140. The standard InChI is InChI=1S/C23H29F3N2O/c24-23(25,26)11-14-27-12-1-2-13-28-20(15-27)22(21(28)16-29)19-9-7-18(8-10-19)6-5-17-3-4-17/h7-10,17,20-22,29H,1-4,11-16H2/t20-,21+,22-/m1/s1. The molecule has 0 aromatic heterocycles. The minimum absolute atomic E-state index is 0.0472. The number of nitrogens with zero attached hydrogens (tertiary/aromatic N) is 2. The van der Waals surface area contributed by atoms with Gasteiger partial charge in [-0.05, 0) is 56.5 Å². The number of rotatable bonds is 4. The third-order valence-electron chi connectivity index (χ3n) is 6.46. The van der Waals surface area contributed by atoms with Crippen LogP contribution in [-0.4, -0.2) is 66.0 Å². The fourth-order valence-electron chi connectivity index (χ4n) is 4.70. The van der Waals surface area contributed by atoms with Crippen LogP contribution in [0.4, 0.5) is 13.2 Å². The predicted octanol–water partition coefficient (Wildman–Crippen LogP) is 3.63. The van der Waals surface area contributed by atoms with Crippen molar-refractivity contribution in [3.8, 4) is 11.8 Å². The van der Waals surface area contributed by atoms with Crippen LogP contribution in [0.3, 0.4) is 0 Å². The van der Waals surface area contributed by atoms with Crippen molar-refractivity contribution in [3.05, 3.63) is 35.4 Å². The van der Waals surface area contributed by atoms with E-state index in [1.807, 2.05) is 17.0 Å². The van der Waals surface area contributed by atoms with E-state index in [0.29, 0.717) is 19.0 Å². The molecule has 3 atom stereocenters. The largest absolute Gasteiger partial charge is 0.395 e. The molecule has 0 bridgehead atoms. The van der Waals surface area contributed by atoms with Gasteiger partial charge < -0.3 is 10.0 Å². The van der Waals surface area contributed by atoms with E-state index in [1.54, 1.807) is 0 Å². The molecule has 0 unspecified atom stereocenters. The second-order valence-corrected chi connectivity index (χ2v) is 8.62. The van der Waals surface area contributed by atoms with Gasteiger partial charge in [0.1, 0.15) is 0 Å². The monoisotopic (exact) mass is 406 g/mol. The maximum atomic E-state index is 12.7. The molecule has 3 nitrogen and oxygen atoms in total. The van der Waals surface area contributed by atoms with E-state index in [2.05, 4.69) is 28.9 Å². The van der Waals surface area contributed by atoms with Gasteiger partial charge in [-0.25, -0.2) is 0 Å². The van der Waals surface area contributed by atoms with Crippen molar-refractivity contribution in [1.29, 1.82) is 0 Å². The maximum absolute atomic E-state index is 12.7. The molecule has 1 N–H and O–H groups in total. The van der Waals surface area contributed by atoms with Gasteiger partial charge in [-0.1, -0.05) is 24.0 Å². The van der Waals surface area contributed by atoms with Gasteiger partial charge in [0.25, 0.3) is 0 Å². The number of fused-ring (bicyclic) bond motifs is 1. The molecule has 0 radical (unpaired) electrons. The first kappa shape index (κ1) is 20.7. The van der Waals surface area contributed by atoms with Crippen molar-refractivity contribution in [2.24, 2.45) is 5.92 Å². The molecule has 1 aromatic rings. The molecule has 0 amide bonds. The topological polar surface area (TPSA) is 26.7 Å². The number of alkyl halides is 3. The van der Waals surface area contributed by atoms with Crippen molar-refractivity contribution in [2.45, 2.75) is 56.3 Å². The van der Waals surface area contributed by atoms with Crippen molar-refractivity contribution < 1.29 is 18.3 Å². The van der Waals surface area contributed by atoms with Gasteiger partial charge in [0.15, 0.2) is 0 Å². The number of hydrogen-bond acceptors (Lipinski definition) is 3. The van der Waals surface area contributed by atoms with E-state index in [-0.39, 0.29) is 31.2 Å². The Morgan fingerprint density at radius 2 is 1.79 bits per heavy atom. The highest BCUT2D eigenvalue weighted by Gasteiger charge is 2.49. The fourth-order valence-corrected chi connectivity index (χ4v) is 4.70. The molecule has 158 valence electrons. The molecule has 2 saturated heterocycles. The highest BCUT2D eigenvalue weighted by atomic mass is 19.4. The van der Waals surface area contributed by atoms with Crippen molar-refractivity contribution >= 4 is 0 Å². The molecule has 1 aliphatic carbocycles. The zero-order chi connectivity index (χ0) is 20.4. The van der Waals surface area contributed by atoms with Crippen LogP contribution < -0.4 is 0 Å². The van der Waals surface area contributed by atoms with Crippen molar-refractivity contribution in [3.63, 3.8) is 0 Å². The van der Waals surface area contributed by atoms with E-state index in [9.17, 15) is 18.3 Å². The van der Waals surface area contributed by atoms with Gasteiger partial charge in [0.2, 0.25) is 0 Å². The summed E-state index contributed by atoms with van der Waals surface area (Å²) in [6.45, 7) is 2.38. The first-order valence-corrected chi connectivity index (χ1v) is 10.7. The summed E-state index contributed by atoms with van der Waals surface area (Å²) in [4.78, 5) is 4.26. The summed E-state index contributed by atoms with van der Waals surface area (Å²) >= 11 is 0. The van der Waals surface area contributed by atoms with Crippen molar-refractivity contribution in [1.82, 2.24) is 9.80 Å². The quantitative estimate of drug-likeness (QED) is 0.774. The summed E-state index contributed by atoms with van der Waals surface area (Å²) in [5.41, 5.74) is 2.15. The van der Waals surface area contributed by atoms with Gasteiger partial charge in [0.05, 0.1) is 13.0 Å². The normalized spacial score (nSPS) is 28.5. The van der Waals surface area contributed by atoms with Gasteiger partial charge >= 0.3 is 6.18 Å². The van der Waals surface area contributed by atoms with Crippen molar-refractivity contribution in [2.75, 3.05) is 32.8 Å². The summed E-state index contributed by atoms with van der Waals surface area (Å²) < 4.78 is 38.1. The Morgan fingerprint density at radius 1 is 1.07 bits per heavy atom. The van der Waals surface area contributed by atoms with Crippen LogP contribution in [0.2, 0.25) is 0 Å². The third-order valence-corrected chi connectivity index (χ3v) is 6.46. The average molecular weight is 406 g/mol. The van der Waals surface area contributed by atoms with E-state index in [4.69, 9.17) is 0 Å². The first-order chi connectivity index (χ1) is 13.9. The number of halogens is 3. The zero-order valence-corrected chi connectivity index (χ0v) is 16.7. The highest BCUT2D eigenvalue weighted by Crippen LogP contribution is 2.42. The Balaban J connectivity index is 1.47. The summed E-state index contributed by atoms with van der Waals surface area (Å²) in [5, 5.41) is 9.98. The smallest absolute Gasteiger partial charge is 0.390 e. The van der Waals surface area contributed by atoms with Crippen LogP contribution in [0.15, 0.2) is 24.3 Å². The second kappa shape index (κ2) is 8.67. The Morgan fingerprint density at radius 3 is 2.45 bits per heavy atom. The molecule has 6 heteroatoms. The predicted molar refractivity (Wildman–Crippen MR) is 106 cm³/mol. The summed E-state index contributed by atoms with van der Waals surface area (Å²) in [5.74, 6) is 7.20. The molecule has 4 rings (SSSR count). The third kappa shape index (κ3) is 5.14. The lowest BCUT2D eigenvalue weighted by atomic mass is 9.74. The number of benzene rings is 1. The van der Waals surface area contributed by atoms with Crippen LogP contribution in [0.1, 0.15) is 49.1 Å². The minimum atomic E-state index is -4.12. The van der Waals surface area contributed by atoms with E-state index in [1.165, 1.54) is 12.8 Å². The molecule has 1 aromatic carbocycles. The van der Waals surface area contributed by atoms with Crippen LogP contribution >= 0.6 is 0 Å². The molecule has 2 aliphatic heterocycles. The fraction of sp³-hybridized carbons (Fsp3) is 0.652. The Labute approximate surface area is 170 Å². The van der Waals surface area contributed by atoms with Gasteiger partial charge in [-0.2, -0.15) is 13.2 Å². The van der Waals surface area contributed by atoms with E-state index < -0.39 is 12.6 Å². The van der Waals surface area contributed by atoms with Gasteiger partial charge in [-0.15, -0.1) is 0 Å². The Hall–Kier alpha value is -1.55. The molecule has 2 heterocycles. The number of hydrogen-bond donors (Lipinski definition) is 1. The van der Waals surface area contributed by atoms with E-state index in [0.717, 1.165) is 30.5 Å². The maximum Gasteiger partial charge on any atom is 0.390 e. The SMILES string of the molecule is OC[C@H]1[C@H](c2ccc(C#CC3CC3)cc2)[C@H]2CN(CCC(F)(F)F)CCCCN21. The molecule has 29 heavy (non-hydrogen) atoms. The Kier molecular flexibility index (Phi) is 6.19. The molecule has 3 fully saturated rings. The number of aliphatic hydroxyl groups excluding tert-OH is 1. The average Bonchev–Trinajstić information content (AvgIpc) is 3.49. The lowest BCUT2D eigenvalue weighted by Gasteiger charge is -2.57. The van der Waals surface area contributed by atoms with Crippen LogP contribution in [0, 0.1) is 17.8 Å². The van der Waals surface area contributed by atoms with Crippen LogP contribution in [-0.2, 0) is 0 Å². The molecular weight excluding hydrogens is 377 g/mol. The molecule has 1 saturated carbocycles. The van der Waals surface area contributed by atoms with Gasteiger partial charge in [-0.3, -0.25) is 4.90 Å². The zero-order valence-electron chi connectivity index (χ0n) is 16.7. The lowest BCUT2D eigenvalue weighted by Crippen LogP contribution is -2.67. The van der Waals surface area contributed by atoms with Gasteiger partial charge in [0, 0.05) is 42.6 Å². The number of aliphatic hydroxyl groups is 1. The van der Waals surface area contributed by atoms with E-state index >= 15 is 0 Å². The highest BCUT2D eigenvalue weighted by molar-refractivity contribution is 5.39. The minimum Gasteiger partial charge on any atom is -0.395 e. The second-order valence-electron chi connectivity index (χ2n) is 8.62. The first-order valence-electron chi connectivity index (χ1n) is 10.7. The van der Waals surface area contributed by atoms with Crippen LogP contribution in [0.5, 0.6) is 0 Å². The molecular formula is C23H29F3N2O. The molecule has 0 spiro atoms. The summed E-state index contributed by atoms with van der Waals surface area (Å²) in [7, 11) is 0. The Bertz CT molecular complexity index is 748.